The molecule has 0 saturated heterocycles. The lowest BCUT2D eigenvalue weighted by atomic mass is 10.2. The fourth-order valence-electron chi connectivity index (χ4n) is 0.908. The van der Waals surface area contributed by atoms with Gasteiger partial charge in [0.25, 0.3) is 0 Å². The van der Waals surface area contributed by atoms with Crippen LogP contribution in [0.2, 0.25) is 0 Å². The van der Waals surface area contributed by atoms with E-state index in [-0.39, 0.29) is 0 Å². The number of nitriles is 1. The van der Waals surface area contributed by atoms with Crippen molar-refractivity contribution in [3.8, 4) is 11.8 Å². The van der Waals surface area contributed by atoms with Crippen molar-refractivity contribution in [1.29, 1.82) is 5.26 Å². The molecule has 0 bridgehead atoms. The Kier molecular flexibility index (Phi) is 4.44. The first-order valence-corrected chi connectivity index (χ1v) is 5.35. The van der Waals surface area contributed by atoms with Crippen LogP contribution >= 0.6 is 24.0 Å². The zero-order valence-electron chi connectivity index (χ0n) is 7.69. The molecule has 0 spiro atoms. The van der Waals surface area contributed by atoms with Gasteiger partial charge in [0.05, 0.1) is 23.1 Å². The summed E-state index contributed by atoms with van der Waals surface area (Å²) < 4.78 is 5.77. The number of ether oxygens (including phenoxy) is 1. The van der Waals surface area contributed by atoms with Gasteiger partial charge in [0.15, 0.2) is 0 Å². The summed E-state index contributed by atoms with van der Waals surface area (Å²) in [6.45, 7) is 0. The van der Waals surface area contributed by atoms with E-state index in [2.05, 4.69) is 0 Å². The maximum atomic E-state index is 8.39. The van der Waals surface area contributed by atoms with Crippen LogP contribution in [0, 0.1) is 11.3 Å². The first kappa shape index (κ1) is 11.0. The molecule has 1 aromatic carbocycles. The van der Waals surface area contributed by atoms with Crippen LogP contribution in [0.15, 0.2) is 24.3 Å². The van der Waals surface area contributed by atoms with Crippen LogP contribution < -0.4 is 4.74 Å². The number of thioether (sulfide) groups is 1. The molecule has 0 unspecified atom stereocenters. The van der Waals surface area contributed by atoms with Gasteiger partial charge in [-0.1, -0.05) is 24.0 Å². The molecule has 1 aromatic rings. The lowest BCUT2D eigenvalue weighted by molar-refractivity contribution is 0.415. The fourth-order valence-corrected chi connectivity index (χ4v) is 1.72. The van der Waals surface area contributed by atoms with E-state index in [1.165, 1.54) is 11.8 Å². The minimum Gasteiger partial charge on any atom is -0.497 e. The lowest BCUT2D eigenvalue weighted by Crippen LogP contribution is -1.92. The van der Waals surface area contributed by atoms with Gasteiger partial charge in [-0.3, -0.25) is 0 Å². The van der Waals surface area contributed by atoms with Gasteiger partial charge < -0.3 is 4.74 Å². The van der Waals surface area contributed by atoms with E-state index in [0.717, 1.165) is 15.5 Å². The number of nitrogens with zero attached hydrogens (tertiary/aromatic N) is 1. The van der Waals surface area contributed by atoms with Gasteiger partial charge in [0.2, 0.25) is 0 Å². The standard InChI is InChI=1S/C10H9NOS2/c1-12-9-4-2-8(3-5-9)10(13)14-7-6-11/h2-5H,7H2,1H3. The quantitative estimate of drug-likeness (QED) is 0.737. The third-order valence-corrected chi connectivity index (χ3v) is 2.95. The molecule has 72 valence electrons. The van der Waals surface area contributed by atoms with Crippen LogP contribution in [-0.4, -0.2) is 17.1 Å². The van der Waals surface area contributed by atoms with E-state index in [1.807, 2.05) is 30.3 Å². The van der Waals surface area contributed by atoms with E-state index >= 15 is 0 Å². The van der Waals surface area contributed by atoms with Crippen LogP contribution in [0.1, 0.15) is 5.56 Å². The highest BCUT2D eigenvalue weighted by atomic mass is 32.2. The number of rotatable bonds is 3. The third-order valence-electron chi connectivity index (χ3n) is 1.59. The van der Waals surface area contributed by atoms with Crippen molar-refractivity contribution in [2.24, 2.45) is 0 Å². The molecule has 14 heavy (non-hydrogen) atoms. The predicted molar refractivity (Wildman–Crippen MR) is 62.8 cm³/mol. The zero-order chi connectivity index (χ0) is 10.4. The Morgan fingerprint density at radius 2 is 2.14 bits per heavy atom. The minimum atomic E-state index is 0.394. The molecule has 0 aliphatic rings. The SMILES string of the molecule is COc1ccc(C(=S)SCC#N)cc1. The Morgan fingerprint density at radius 3 is 2.64 bits per heavy atom. The van der Waals surface area contributed by atoms with Gasteiger partial charge >= 0.3 is 0 Å². The highest BCUT2D eigenvalue weighted by Gasteiger charge is 2.01. The van der Waals surface area contributed by atoms with E-state index in [1.54, 1.807) is 7.11 Å². The van der Waals surface area contributed by atoms with Crippen molar-refractivity contribution in [1.82, 2.24) is 0 Å². The number of thiocarbonyl (C=S) groups is 1. The molecule has 1 rings (SSSR count). The lowest BCUT2D eigenvalue weighted by Gasteiger charge is -2.02. The Morgan fingerprint density at radius 1 is 1.50 bits per heavy atom. The Labute approximate surface area is 92.9 Å². The molecule has 0 saturated carbocycles. The third kappa shape index (κ3) is 3.02. The molecule has 0 N–H and O–H groups in total. The summed E-state index contributed by atoms with van der Waals surface area (Å²) in [5.74, 6) is 1.20. The van der Waals surface area contributed by atoms with Crippen LogP contribution in [-0.2, 0) is 0 Å². The topological polar surface area (TPSA) is 33.0 Å². The molecule has 2 nitrogen and oxygen atoms in total. The summed E-state index contributed by atoms with van der Waals surface area (Å²) in [4.78, 5) is 0. The maximum Gasteiger partial charge on any atom is 0.118 e. The van der Waals surface area contributed by atoms with Crippen LogP contribution in [0.4, 0.5) is 0 Å². The highest BCUT2D eigenvalue weighted by Crippen LogP contribution is 2.17. The van der Waals surface area contributed by atoms with Crippen molar-refractivity contribution in [3.05, 3.63) is 29.8 Å². The maximum absolute atomic E-state index is 8.39. The highest BCUT2D eigenvalue weighted by molar-refractivity contribution is 8.23. The average molecular weight is 223 g/mol. The van der Waals surface area contributed by atoms with Gasteiger partial charge in [0.1, 0.15) is 5.75 Å². The van der Waals surface area contributed by atoms with Crippen LogP contribution in [0.25, 0.3) is 0 Å². The molecular weight excluding hydrogens is 214 g/mol. The Bertz CT molecular complexity index is 353. The second-order valence-electron chi connectivity index (χ2n) is 2.46. The average Bonchev–Trinajstić information content (AvgIpc) is 2.26. The van der Waals surface area contributed by atoms with Crippen molar-refractivity contribution in [2.75, 3.05) is 12.9 Å². The van der Waals surface area contributed by atoms with Crippen molar-refractivity contribution in [2.45, 2.75) is 0 Å². The summed E-state index contributed by atoms with van der Waals surface area (Å²) >= 11 is 6.51. The Balaban J connectivity index is 2.67. The smallest absolute Gasteiger partial charge is 0.118 e. The first-order valence-electron chi connectivity index (χ1n) is 3.96. The summed E-state index contributed by atoms with van der Waals surface area (Å²) in [7, 11) is 1.62. The fraction of sp³-hybridized carbons (Fsp3) is 0.200. The normalized spacial score (nSPS) is 9.14. The van der Waals surface area contributed by atoms with Gasteiger partial charge in [-0.25, -0.2) is 0 Å². The second-order valence-corrected chi connectivity index (χ2v) is 4.12. The summed E-state index contributed by atoms with van der Waals surface area (Å²) in [5, 5.41) is 8.39. The van der Waals surface area contributed by atoms with Crippen molar-refractivity contribution in [3.63, 3.8) is 0 Å². The monoisotopic (exact) mass is 223 g/mol. The number of benzene rings is 1. The van der Waals surface area contributed by atoms with Crippen molar-refractivity contribution >= 4 is 28.2 Å². The molecular formula is C10H9NOS2. The second kappa shape index (κ2) is 5.63. The number of hydrogen-bond donors (Lipinski definition) is 0. The molecule has 0 atom stereocenters. The van der Waals surface area contributed by atoms with Gasteiger partial charge in [0, 0.05) is 0 Å². The number of methoxy groups -OCH3 is 1. The van der Waals surface area contributed by atoms with Crippen LogP contribution in [0.5, 0.6) is 5.75 Å². The summed E-state index contributed by atoms with van der Waals surface area (Å²) in [6, 6.07) is 9.54. The molecule has 0 radical (unpaired) electrons. The summed E-state index contributed by atoms with van der Waals surface area (Å²) in [6.07, 6.45) is 0. The molecule has 0 aromatic heterocycles. The number of hydrogen-bond acceptors (Lipinski definition) is 4. The molecule has 0 aliphatic heterocycles. The van der Waals surface area contributed by atoms with E-state index < -0.39 is 0 Å². The van der Waals surface area contributed by atoms with E-state index in [9.17, 15) is 0 Å². The molecule has 0 heterocycles. The molecule has 4 heteroatoms. The van der Waals surface area contributed by atoms with Crippen molar-refractivity contribution < 1.29 is 4.74 Å². The van der Waals surface area contributed by atoms with Gasteiger partial charge in [-0.2, -0.15) is 5.26 Å². The largest absolute Gasteiger partial charge is 0.497 e. The Hall–Kier alpha value is -1.05. The first-order chi connectivity index (χ1) is 6.77. The van der Waals surface area contributed by atoms with Gasteiger partial charge in [-0.05, 0) is 29.8 Å². The molecule has 0 amide bonds. The van der Waals surface area contributed by atoms with E-state index in [4.69, 9.17) is 22.2 Å². The summed E-state index contributed by atoms with van der Waals surface area (Å²) in [5.41, 5.74) is 0.959. The zero-order valence-corrected chi connectivity index (χ0v) is 9.32. The van der Waals surface area contributed by atoms with Gasteiger partial charge in [-0.15, -0.1) is 0 Å². The predicted octanol–water partition coefficient (Wildman–Crippen LogP) is 2.63. The molecule has 0 fully saturated rings. The molecule has 0 aliphatic carbocycles. The van der Waals surface area contributed by atoms with E-state index in [0.29, 0.717) is 5.75 Å². The minimum absolute atomic E-state index is 0.394. The van der Waals surface area contributed by atoms with Crippen LogP contribution in [0.3, 0.4) is 0 Å².